The Kier molecular flexibility index (Phi) is 20.9. The highest BCUT2D eigenvalue weighted by molar-refractivity contribution is 5.90. The van der Waals surface area contributed by atoms with Gasteiger partial charge in [0.15, 0.2) is 69.6 Å². The van der Waals surface area contributed by atoms with Gasteiger partial charge in [-0.3, -0.25) is 29.3 Å². The van der Waals surface area contributed by atoms with Crippen LogP contribution in [0.2, 0.25) is 0 Å². The third-order valence-corrected chi connectivity index (χ3v) is 17.4. The van der Waals surface area contributed by atoms with Crippen molar-refractivity contribution in [2.45, 2.75) is 31.0 Å². The first-order valence-corrected chi connectivity index (χ1v) is 32.6. The smallest absolute Gasteiger partial charge is 0.246 e. The van der Waals surface area contributed by atoms with Gasteiger partial charge in [-0.25, -0.2) is 53.6 Å². The topological polar surface area (TPSA) is 199 Å². The number of pyridine rings is 3. The number of rotatable bonds is 15. The maximum Gasteiger partial charge on any atom is 0.246 e. The molecule has 0 spiro atoms. The van der Waals surface area contributed by atoms with Gasteiger partial charge >= 0.3 is 0 Å². The highest BCUT2D eigenvalue weighted by Gasteiger charge is 2.34. The maximum absolute atomic E-state index is 14.9. The number of hydrogen-bond acceptors (Lipinski definition) is 14. The number of carbonyl (C=O) groups excluding carboxylic acids is 3. The van der Waals surface area contributed by atoms with E-state index in [9.17, 15) is 53.9 Å². The van der Waals surface area contributed by atoms with Gasteiger partial charge in [0.2, 0.25) is 17.7 Å². The number of benzene rings is 6. The minimum atomic E-state index is -0.824. The summed E-state index contributed by atoms with van der Waals surface area (Å²) in [6, 6.07) is 29.3. The van der Waals surface area contributed by atoms with Crippen molar-refractivity contribution >= 4 is 50.4 Å². The van der Waals surface area contributed by atoms with Gasteiger partial charge in [-0.1, -0.05) is 37.9 Å². The SMILES string of the molecule is C=CC(=O)N1CCC[C@H](c2nn(-c3ccc(Oc4c(F)cccc4F)cc3)c3cncc(F)c23)C1.C=CC(=O)N1CCO[C@@H](c2nn(-c3ccc(Oc4c(F)cccc4F)cc3)c3cncc(F)c23)C1.C=CC(=O)N1CCO[C@H](c2nn(-c3ccc(Oc4c(F)cccc4F)cc3)c3cncc(F)c23)C1. The van der Waals surface area contributed by atoms with Crippen LogP contribution in [0.1, 0.15) is 48.0 Å². The number of halogens is 9. The molecule has 6 aromatic carbocycles. The van der Waals surface area contributed by atoms with Crippen molar-refractivity contribution < 1.29 is 77.6 Å². The molecule has 3 aliphatic rings. The number of fused-ring (bicyclic) bond motifs is 3. The summed E-state index contributed by atoms with van der Waals surface area (Å²) in [5.74, 6) is -8.24. The monoisotopic (exact) mass is 1440 g/mol. The van der Waals surface area contributed by atoms with E-state index in [0.29, 0.717) is 82.3 Å². The van der Waals surface area contributed by atoms with E-state index in [2.05, 4.69) is 44.9 Å². The number of amides is 3. The second-order valence-electron chi connectivity index (χ2n) is 23.9. The quantitative estimate of drug-likeness (QED) is 0.0693. The molecule has 9 heterocycles. The Morgan fingerprint density at radius 3 is 1.02 bits per heavy atom. The zero-order valence-corrected chi connectivity index (χ0v) is 55.3. The molecule has 29 heteroatoms. The van der Waals surface area contributed by atoms with Crippen LogP contribution in [0.5, 0.6) is 34.5 Å². The molecule has 12 aromatic rings. The van der Waals surface area contributed by atoms with Gasteiger partial charge in [-0.15, -0.1) is 0 Å². The Morgan fingerprint density at radius 2 is 0.695 bits per heavy atom. The van der Waals surface area contributed by atoms with Crippen LogP contribution in [-0.4, -0.2) is 129 Å². The van der Waals surface area contributed by atoms with E-state index in [1.165, 1.54) is 88.6 Å². The number of nitrogens with zero attached hydrogens (tertiary/aromatic N) is 12. The molecule has 0 N–H and O–H groups in total. The molecule has 6 aromatic heterocycles. The van der Waals surface area contributed by atoms with Gasteiger partial charge in [0.1, 0.15) is 40.8 Å². The van der Waals surface area contributed by atoms with Crippen LogP contribution in [0.3, 0.4) is 0 Å². The third-order valence-electron chi connectivity index (χ3n) is 17.4. The predicted octanol–water partition coefficient (Wildman–Crippen LogP) is 15.0. The molecule has 534 valence electrons. The van der Waals surface area contributed by atoms with Crippen LogP contribution < -0.4 is 14.2 Å². The van der Waals surface area contributed by atoms with Crippen molar-refractivity contribution in [1.82, 2.24) is 59.0 Å². The highest BCUT2D eigenvalue weighted by Crippen LogP contribution is 2.39. The number of likely N-dealkylation sites (tertiary alicyclic amines) is 1. The molecule has 0 saturated carbocycles. The van der Waals surface area contributed by atoms with Crippen LogP contribution in [0, 0.1) is 52.4 Å². The highest BCUT2D eigenvalue weighted by atomic mass is 19.2. The third kappa shape index (κ3) is 14.9. The molecule has 3 atom stereocenters. The summed E-state index contributed by atoms with van der Waals surface area (Å²) >= 11 is 0. The lowest BCUT2D eigenvalue weighted by Gasteiger charge is -2.31. The fourth-order valence-electron chi connectivity index (χ4n) is 12.4. The van der Waals surface area contributed by atoms with Gasteiger partial charge in [0, 0.05) is 32.1 Å². The number of ether oxygens (including phenoxy) is 5. The lowest BCUT2D eigenvalue weighted by atomic mass is 9.93. The minimum absolute atomic E-state index is 0.153. The largest absolute Gasteiger partial charge is 0.451 e. The van der Waals surface area contributed by atoms with Crippen molar-refractivity contribution in [3.63, 3.8) is 0 Å². The molecule has 20 nitrogen and oxygen atoms in total. The average molecular weight is 1440 g/mol. The van der Waals surface area contributed by atoms with Crippen LogP contribution in [0.15, 0.2) is 203 Å². The molecule has 0 unspecified atom stereocenters. The summed E-state index contributed by atoms with van der Waals surface area (Å²) in [5, 5.41) is 14.7. The summed E-state index contributed by atoms with van der Waals surface area (Å²) in [6.07, 6.45) is 11.8. The molecule has 15 rings (SSSR count). The van der Waals surface area contributed by atoms with Crippen LogP contribution >= 0.6 is 0 Å². The van der Waals surface area contributed by atoms with Crippen LogP contribution in [-0.2, 0) is 23.9 Å². The first-order chi connectivity index (χ1) is 50.9. The summed E-state index contributed by atoms with van der Waals surface area (Å²) in [7, 11) is 0. The van der Waals surface area contributed by atoms with Crippen molar-refractivity contribution in [1.29, 1.82) is 0 Å². The fourth-order valence-corrected chi connectivity index (χ4v) is 12.4. The molecule has 3 fully saturated rings. The number of carbonyl (C=O) groups is 3. The second-order valence-corrected chi connectivity index (χ2v) is 23.9. The lowest BCUT2D eigenvalue weighted by Crippen LogP contribution is -2.41. The standard InChI is InChI=1S/C26H21F3N4O2.2C25H19F3N4O3/c1-2-23(34)32-12-4-5-16(15-32)25-24-21(29)13-30-14-22(24)33(31-25)17-8-10-18(11-9-17)35-26-19(27)6-3-7-20(26)28;2*1-2-22(33)31-10-11-34-21(14-31)24-23-19(28)12-29-13-20(23)32(30-24)15-6-8-16(9-7-15)35-25-17(26)4-3-5-18(25)27/h2-3,6-11,13-14,16H,1,4-5,12,15H2;2*2-9,12-13,21H,1,10-11,14H2/t16-;2*21-/m010/s1. The first-order valence-electron chi connectivity index (χ1n) is 32.6. The maximum atomic E-state index is 14.9. The summed E-state index contributed by atoms with van der Waals surface area (Å²) < 4.78 is 160. The molecule has 3 aliphatic heterocycles. The Bertz CT molecular complexity index is 4720. The molecule has 0 bridgehead atoms. The Labute approximate surface area is 591 Å². The first kappa shape index (κ1) is 70.9. The van der Waals surface area contributed by atoms with E-state index in [1.807, 2.05) is 0 Å². The van der Waals surface area contributed by atoms with Crippen molar-refractivity contribution in [2.24, 2.45) is 0 Å². The van der Waals surface area contributed by atoms with Crippen LogP contribution in [0.4, 0.5) is 39.5 Å². The Hall–Kier alpha value is -12.5. The molecule has 3 amide bonds. The number of para-hydroxylation sites is 3. The van der Waals surface area contributed by atoms with Crippen molar-refractivity contribution in [3.8, 4) is 51.6 Å². The number of hydrogen-bond donors (Lipinski definition) is 0. The zero-order chi connectivity index (χ0) is 73.6. The van der Waals surface area contributed by atoms with Gasteiger partial charge in [-0.05, 0) is 140 Å². The van der Waals surface area contributed by atoms with E-state index in [0.717, 1.165) is 67.8 Å². The second kappa shape index (κ2) is 31.0. The van der Waals surface area contributed by atoms with Gasteiger partial charge in [-0.2, -0.15) is 15.3 Å². The molecular formula is C76H59F9N12O8. The van der Waals surface area contributed by atoms with E-state index in [1.54, 1.807) is 67.9 Å². The Morgan fingerprint density at radius 1 is 0.390 bits per heavy atom. The van der Waals surface area contributed by atoms with Gasteiger partial charge in [0.25, 0.3) is 0 Å². The number of aromatic nitrogens is 9. The minimum Gasteiger partial charge on any atom is -0.451 e. The Balaban J connectivity index is 0.000000140. The van der Waals surface area contributed by atoms with E-state index in [4.69, 9.17) is 28.8 Å². The molecule has 0 aliphatic carbocycles. The van der Waals surface area contributed by atoms with E-state index >= 15 is 0 Å². The van der Waals surface area contributed by atoms with Crippen molar-refractivity contribution in [3.05, 3.63) is 272 Å². The zero-order valence-electron chi connectivity index (χ0n) is 55.3. The van der Waals surface area contributed by atoms with Gasteiger partial charge in [0.05, 0.1) is 119 Å². The summed E-state index contributed by atoms with van der Waals surface area (Å²) in [5.41, 5.74) is 4.12. The van der Waals surface area contributed by atoms with Gasteiger partial charge < -0.3 is 38.4 Å². The summed E-state index contributed by atoms with van der Waals surface area (Å²) in [6.45, 7) is 13.3. The summed E-state index contributed by atoms with van der Waals surface area (Å²) in [4.78, 5) is 53.0. The molecule has 3 saturated heterocycles. The van der Waals surface area contributed by atoms with E-state index < -0.39 is 81.8 Å². The normalized spacial score (nSPS) is 15.9. The fraction of sp³-hybridized carbons (Fsp3) is 0.171. The number of morpholine rings is 2. The molecule has 105 heavy (non-hydrogen) atoms. The lowest BCUT2D eigenvalue weighted by molar-refractivity contribution is -0.134. The van der Waals surface area contributed by atoms with Crippen molar-refractivity contribution in [2.75, 3.05) is 52.5 Å². The molecule has 0 radical (unpaired) electrons. The molecular weight excluding hydrogens is 1380 g/mol. The van der Waals surface area contributed by atoms with Crippen LogP contribution in [0.25, 0.3) is 49.8 Å². The van der Waals surface area contributed by atoms with E-state index in [-0.39, 0.29) is 78.0 Å². The average Bonchev–Trinajstić information content (AvgIpc) is 1.63. The predicted molar refractivity (Wildman–Crippen MR) is 365 cm³/mol. The number of piperidine rings is 1.